The molecule has 2 heterocycles. The molecule has 2 rings (SSSR count). The summed E-state index contributed by atoms with van der Waals surface area (Å²) >= 11 is 0. The smallest absolute Gasteiger partial charge is 0.259 e. The van der Waals surface area contributed by atoms with Crippen molar-refractivity contribution in [3.05, 3.63) is 47.7 Å². The van der Waals surface area contributed by atoms with Crippen LogP contribution in [0.2, 0.25) is 0 Å². The summed E-state index contributed by atoms with van der Waals surface area (Å²) in [5.74, 6) is -0.660. The molecule has 2 N–H and O–H groups in total. The molecule has 0 atom stereocenters. The Bertz CT molecular complexity index is 615. The molecule has 6 heteroatoms. The number of pyridine rings is 2. The van der Waals surface area contributed by atoms with E-state index in [1.165, 1.54) is 0 Å². The highest BCUT2D eigenvalue weighted by atomic mass is 19.1. The Morgan fingerprint density at radius 1 is 1.37 bits per heavy atom. The molecule has 0 aliphatic heterocycles. The zero-order valence-electron chi connectivity index (χ0n) is 10.6. The van der Waals surface area contributed by atoms with Gasteiger partial charge in [0.2, 0.25) is 0 Å². The van der Waals surface area contributed by atoms with E-state index in [0.29, 0.717) is 11.5 Å². The molecule has 0 fully saturated rings. The van der Waals surface area contributed by atoms with Crippen molar-refractivity contribution in [3.63, 3.8) is 0 Å². The van der Waals surface area contributed by atoms with E-state index < -0.39 is 11.7 Å². The van der Waals surface area contributed by atoms with Crippen molar-refractivity contribution in [3.8, 4) is 0 Å². The average Bonchev–Trinajstić information content (AvgIpc) is 2.41. The molecule has 98 valence electrons. The molecule has 2 aromatic rings. The summed E-state index contributed by atoms with van der Waals surface area (Å²) in [6.45, 7) is 1.82. The van der Waals surface area contributed by atoms with E-state index in [0.717, 1.165) is 17.8 Å². The first kappa shape index (κ1) is 12.9. The third kappa shape index (κ3) is 2.85. The number of rotatable bonds is 3. The summed E-state index contributed by atoms with van der Waals surface area (Å²) in [4.78, 5) is 19.9. The number of nitrogens with zero attached hydrogens (tertiary/aromatic N) is 2. The van der Waals surface area contributed by atoms with E-state index >= 15 is 0 Å². The van der Waals surface area contributed by atoms with Gasteiger partial charge in [-0.3, -0.25) is 9.78 Å². The van der Waals surface area contributed by atoms with Gasteiger partial charge in [-0.1, -0.05) is 0 Å². The van der Waals surface area contributed by atoms with Crippen molar-refractivity contribution in [2.24, 2.45) is 0 Å². The molecule has 0 unspecified atom stereocenters. The van der Waals surface area contributed by atoms with Gasteiger partial charge in [0.1, 0.15) is 11.6 Å². The van der Waals surface area contributed by atoms with E-state index in [2.05, 4.69) is 20.6 Å². The van der Waals surface area contributed by atoms with Crippen LogP contribution in [0.15, 0.2) is 30.7 Å². The number of carbonyl (C=O) groups is 1. The Hall–Kier alpha value is -2.50. The van der Waals surface area contributed by atoms with Gasteiger partial charge < -0.3 is 10.6 Å². The van der Waals surface area contributed by atoms with Crippen LogP contribution in [0, 0.1) is 12.7 Å². The summed E-state index contributed by atoms with van der Waals surface area (Å²) in [6, 6.07) is 2.82. The molecule has 0 aliphatic carbocycles. The van der Waals surface area contributed by atoms with Crippen LogP contribution >= 0.6 is 0 Å². The molecular weight excluding hydrogens is 247 g/mol. The van der Waals surface area contributed by atoms with Crippen molar-refractivity contribution in [2.45, 2.75) is 6.92 Å². The first-order valence-electron chi connectivity index (χ1n) is 5.67. The van der Waals surface area contributed by atoms with E-state index in [1.807, 2.05) is 6.92 Å². The Labute approximate surface area is 109 Å². The lowest BCUT2D eigenvalue weighted by Crippen LogP contribution is -2.16. The zero-order valence-corrected chi connectivity index (χ0v) is 10.6. The molecule has 0 spiro atoms. The van der Waals surface area contributed by atoms with Gasteiger partial charge in [0.05, 0.1) is 11.8 Å². The van der Waals surface area contributed by atoms with Gasteiger partial charge in [0, 0.05) is 25.1 Å². The summed E-state index contributed by atoms with van der Waals surface area (Å²) < 4.78 is 13.2. The van der Waals surface area contributed by atoms with Crippen molar-refractivity contribution in [1.82, 2.24) is 9.97 Å². The van der Waals surface area contributed by atoms with Crippen LogP contribution in [0.5, 0.6) is 0 Å². The number of aryl methyl sites for hydroxylation is 1. The molecular formula is C13H13FN4O. The lowest BCUT2D eigenvalue weighted by molar-refractivity contribution is 0.102. The topological polar surface area (TPSA) is 66.9 Å². The molecule has 5 nitrogen and oxygen atoms in total. The predicted octanol–water partition coefficient (Wildman–Crippen LogP) is 2.22. The van der Waals surface area contributed by atoms with Crippen LogP contribution in [0.1, 0.15) is 15.9 Å². The first-order valence-corrected chi connectivity index (χ1v) is 5.67. The average molecular weight is 260 g/mol. The standard InChI is InChI=1S/C13H13FN4O/c1-8-6-16-4-3-11(8)18-13(19)10-5-9(14)7-17-12(10)15-2/h3-7H,1-2H3,(H,15,17)(H,16,18,19). The summed E-state index contributed by atoms with van der Waals surface area (Å²) in [7, 11) is 1.62. The van der Waals surface area contributed by atoms with Gasteiger partial charge >= 0.3 is 0 Å². The number of amides is 1. The van der Waals surface area contributed by atoms with Crippen LogP contribution < -0.4 is 10.6 Å². The number of halogens is 1. The largest absolute Gasteiger partial charge is 0.372 e. The minimum Gasteiger partial charge on any atom is -0.372 e. The van der Waals surface area contributed by atoms with Crippen LogP contribution in [0.25, 0.3) is 0 Å². The van der Waals surface area contributed by atoms with Gasteiger partial charge in [-0.15, -0.1) is 0 Å². The third-order valence-electron chi connectivity index (χ3n) is 2.60. The summed E-state index contributed by atoms with van der Waals surface area (Å²) in [5.41, 5.74) is 1.61. The molecule has 0 saturated carbocycles. The Morgan fingerprint density at radius 2 is 2.16 bits per heavy atom. The fourth-order valence-electron chi connectivity index (χ4n) is 1.61. The number of hydrogen-bond acceptors (Lipinski definition) is 4. The van der Waals surface area contributed by atoms with Crippen molar-refractivity contribution < 1.29 is 9.18 Å². The molecule has 2 aromatic heterocycles. The van der Waals surface area contributed by atoms with Crippen molar-refractivity contribution in [1.29, 1.82) is 0 Å². The SMILES string of the molecule is CNc1ncc(F)cc1C(=O)Nc1ccncc1C. The second-order valence-corrected chi connectivity index (χ2v) is 3.94. The van der Waals surface area contributed by atoms with Gasteiger partial charge in [-0.25, -0.2) is 9.37 Å². The van der Waals surface area contributed by atoms with Gasteiger partial charge in [-0.2, -0.15) is 0 Å². The molecule has 0 aliphatic rings. The Morgan fingerprint density at radius 3 is 2.84 bits per heavy atom. The second kappa shape index (κ2) is 5.43. The number of hydrogen-bond donors (Lipinski definition) is 2. The van der Waals surface area contributed by atoms with E-state index in [1.54, 1.807) is 25.5 Å². The molecule has 19 heavy (non-hydrogen) atoms. The minimum absolute atomic E-state index is 0.152. The number of anilines is 2. The number of carbonyl (C=O) groups excluding carboxylic acids is 1. The van der Waals surface area contributed by atoms with Gasteiger partial charge in [0.25, 0.3) is 5.91 Å². The van der Waals surface area contributed by atoms with Crippen LogP contribution in [-0.2, 0) is 0 Å². The van der Waals surface area contributed by atoms with Crippen molar-refractivity contribution >= 4 is 17.4 Å². The maximum absolute atomic E-state index is 13.2. The molecule has 0 bridgehead atoms. The maximum atomic E-state index is 13.2. The molecule has 0 saturated heterocycles. The maximum Gasteiger partial charge on any atom is 0.259 e. The fourth-order valence-corrected chi connectivity index (χ4v) is 1.61. The van der Waals surface area contributed by atoms with E-state index in [9.17, 15) is 9.18 Å². The zero-order chi connectivity index (χ0) is 13.8. The second-order valence-electron chi connectivity index (χ2n) is 3.94. The van der Waals surface area contributed by atoms with Gasteiger partial charge in [0.15, 0.2) is 0 Å². The number of nitrogens with one attached hydrogen (secondary N) is 2. The first-order chi connectivity index (χ1) is 9.11. The lowest BCUT2D eigenvalue weighted by Gasteiger charge is -2.10. The van der Waals surface area contributed by atoms with Crippen LogP contribution in [0.3, 0.4) is 0 Å². The molecule has 0 radical (unpaired) electrons. The van der Waals surface area contributed by atoms with Crippen LogP contribution in [0.4, 0.5) is 15.9 Å². The Kier molecular flexibility index (Phi) is 3.70. The van der Waals surface area contributed by atoms with Crippen LogP contribution in [-0.4, -0.2) is 22.9 Å². The van der Waals surface area contributed by atoms with E-state index in [-0.39, 0.29) is 5.56 Å². The van der Waals surface area contributed by atoms with Crippen molar-refractivity contribution in [2.75, 3.05) is 17.7 Å². The summed E-state index contributed by atoms with van der Waals surface area (Å²) in [5, 5.41) is 5.46. The lowest BCUT2D eigenvalue weighted by atomic mass is 10.2. The van der Waals surface area contributed by atoms with Gasteiger partial charge in [-0.05, 0) is 24.6 Å². The fraction of sp³-hybridized carbons (Fsp3) is 0.154. The predicted molar refractivity (Wildman–Crippen MR) is 70.7 cm³/mol. The Balaban J connectivity index is 2.30. The monoisotopic (exact) mass is 260 g/mol. The minimum atomic E-state index is -0.560. The highest BCUT2D eigenvalue weighted by Crippen LogP contribution is 2.17. The third-order valence-corrected chi connectivity index (χ3v) is 2.60. The quantitative estimate of drug-likeness (QED) is 0.888. The highest BCUT2D eigenvalue weighted by molar-refractivity contribution is 6.07. The highest BCUT2D eigenvalue weighted by Gasteiger charge is 2.14. The number of aromatic nitrogens is 2. The molecule has 1 amide bonds. The normalized spacial score (nSPS) is 10.1. The summed E-state index contributed by atoms with van der Waals surface area (Å²) in [6.07, 6.45) is 4.27. The van der Waals surface area contributed by atoms with E-state index in [4.69, 9.17) is 0 Å². The molecule has 0 aromatic carbocycles.